The number of rotatable bonds is 14. The number of aliphatic imine (C=N–C) groups is 3. The first-order valence-corrected chi connectivity index (χ1v) is 12.7. The average molecular weight is 547 g/mol. The van der Waals surface area contributed by atoms with Gasteiger partial charge in [0.15, 0.2) is 6.04 Å². The van der Waals surface area contributed by atoms with Crippen molar-refractivity contribution in [2.75, 3.05) is 33.1 Å². The third kappa shape index (κ3) is 10.3. The van der Waals surface area contributed by atoms with E-state index in [1.54, 1.807) is 32.6 Å². The quantitative estimate of drug-likeness (QED) is 0.143. The number of hydrogen-bond acceptors (Lipinski definition) is 15. The lowest BCUT2D eigenvalue weighted by Gasteiger charge is -2.21. The van der Waals surface area contributed by atoms with E-state index in [2.05, 4.69) is 31.0 Å². The Balaban J connectivity index is 1.87. The van der Waals surface area contributed by atoms with Crippen LogP contribution in [0.1, 0.15) is 27.7 Å². The van der Waals surface area contributed by atoms with Gasteiger partial charge in [0.2, 0.25) is 19.5 Å². The van der Waals surface area contributed by atoms with Gasteiger partial charge in [0.05, 0.1) is 25.2 Å². The molecule has 0 aliphatic carbocycles. The van der Waals surface area contributed by atoms with Crippen LogP contribution in [0.25, 0.3) is 0 Å². The number of guanidine groups is 1. The first-order valence-electron chi connectivity index (χ1n) is 10.9. The maximum Gasteiger partial charge on any atom is 0.510 e. The molecule has 2 heterocycles. The van der Waals surface area contributed by atoms with Crippen molar-refractivity contribution < 1.29 is 51.7 Å². The molecule has 2 aliphatic heterocycles. The number of amides is 1. The van der Waals surface area contributed by atoms with Crippen LogP contribution in [0.4, 0.5) is 9.59 Å². The Morgan fingerprint density at radius 1 is 1.08 bits per heavy atom. The lowest BCUT2D eigenvalue weighted by atomic mass is 10.2. The zero-order valence-electron chi connectivity index (χ0n) is 20.9. The summed E-state index contributed by atoms with van der Waals surface area (Å²) in [7, 11) is -4.10. The number of nitrogens with zero attached hydrogens (tertiary/aromatic N) is 4. The SMILES string of the molecule is C=C(COCP(=O)(OCOC(=O)OC(C)C)OCOC(=O)OC(C)C)CN1C=NC2C(=O)N=C(N)N=C21. The summed E-state index contributed by atoms with van der Waals surface area (Å²) in [5, 5.41) is 0. The van der Waals surface area contributed by atoms with Crippen molar-refractivity contribution in [1.29, 1.82) is 0 Å². The zero-order valence-corrected chi connectivity index (χ0v) is 21.8. The predicted octanol–water partition coefficient (Wildman–Crippen LogP) is 1.75. The lowest BCUT2D eigenvalue weighted by molar-refractivity contribution is -0.117. The molecule has 0 bridgehead atoms. The Morgan fingerprint density at radius 3 is 2.19 bits per heavy atom. The molecule has 1 atom stereocenters. The number of amidine groups is 1. The van der Waals surface area contributed by atoms with Crippen molar-refractivity contribution in [3.63, 3.8) is 0 Å². The number of fused-ring (bicyclic) bond motifs is 1. The number of ether oxygens (including phenoxy) is 5. The van der Waals surface area contributed by atoms with Gasteiger partial charge in [0.1, 0.15) is 12.2 Å². The molecule has 0 fully saturated rings. The van der Waals surface area contributed by atoms with Gasteiger partial charge >= 0.3 is 19.9 Å². The second kappa shape index (κ2) is 13.8. The third-order valence-corrected chi connectivity index (χ3v) is 5.54. The topological polar surface area (TPSA) is 199 Å². The molecule has 1 unspecified atom stereocenters. The van der Waals surface area contributed by atoms with Gasteiger partial charge in [-0.1, -0.05) is 6.58 Å². The molecule has 0 spiro atoms. The van der Waals surface area contributed by atoms with Crippen LogP contribution in [0.15, 0.2) is 27.1 Å². The molecule has 2 N–H and O–H groups in total. The Hall–Kier alpha value is -3.33. The van der Waals surface area contributed by atoms with Gasteiger partial charge in [-0.15, -0.1) is 0 Å². The summed E-state index contributed by atoms with van der Waals surface area (Å²) in [6.45, 7) is 8.77. The summed E-state index contributed by atoms with van der Waals surface area (Å²) in [6.07, 6.45) is -2.20. The van der Waals surface area contributed by atoms with Gasteiger partial charge in [0, 0.05) is 6.54 Å². The summed E-state index contributed by atoms with van der Waals surface area (Å²) < 4.78 is 47.5. The summed E-state index contributed by atoms with van der Waals surface area (Å²) in [6, 6.07) is -0.868. The highest BCUT2D eigenvalue weighted by Crippen LogP contribution is 2.48. The van der Waals surface area contributed by atoms with Crippen molar-refractivity contribution in [3.05, 3.63) is 12.2 Å². The van der Waals surface area contributed by atoms with Crippen molar-refractivity contribution in [2.24, 2.45) is 20.7 Å². The number of carbonyl (C=O) groups excluding carboxylic acids is 3. The molecular weight excluding hydrogens is 517 g/mol. The van der Waals surface area contributed by atoms with E-state index in [0.717, 1.165) is 0 Å². The molecule has 0 saturated heterocycles. The Kier molecular flexibility index (Phi) is 11.2. The molecule has 0 aromatic heterocycles. The molecule has 1 amide bonds. The average Bonchev–Trinajstić information content (AvgIpc) is 3.15. The molecular formula is C20H30N5O11P. The Morgan fingerprint density at radius 2 is 1.65 bits per heavy atom. The largest absolute Gasteiger partial charge is 0.510 e. The van der Waals surface area contributed by atoms with Crippen molar-refractivity contribution in [3.8, 4) is 0 Å². The summed E-state index contributed by atoms with van der Waals surface area (Å²) in [4.78, 5) is 48.1. The molecule has 17 heteroatoms. The first kappa shape index (κ1) is 29.9. The first-order chi connectivity index (χ1) is 17.4. The second-order valence-corrected chi connectivity index (χ2v) is 10.0. The van der Waals surface area contributed by atoms with Crippen LogP contribution in [-0.4, -0.2) is 92.6 Å². The standard InChI is InChI=1S/C20H30N5O11P/c1-12(2)35-19(27)31-9-33-37(29,34-10-32-20(28)36-13(3)4)11-30-7-14(5)6-25-8-22-15-16(25)23-18(21)24-17(15)26/h8,12-13,15H,5-7,9-11H2,1-4H3,(H2,21,24,26). The van der Waals surface area contributed by atoms with Crippen LogP contribution in [0.5, 0.6) is 0 Å². The summed E-state index contributed by atoms with van der Waals surface area (Å²) in [5.41, 5.74) is 6.02. The fourth-order valence-corrected chi connectivity index (χ4v) is 3.60. The molecule has 0 saturated carbocycles. The van der Waals surface area contributed by atoms with Gasteiger partial charge in [-0.25, -0.2) is 9.59 Å². The number of carbonyl (C=O) groups is 3. The highest BCUT2D eigenvalue weighted by atomic mass is 31.2. The molecule has 2 aliphatic rings. The monoisotopic (exact) mass is 547 g/mol. The van der Waals surface area contributed by atoms with Crippen LogP contribution < -0.4 is 5.73 Å². The van der Waals surface area contributed by atoms with Crippen molar-refractivity contribution in [2.45, 2.75) is 45.9 Å². The van der Waals surface area contributed by atoms with Crippen LogP contribution >= 0.6 is 7.60 Å². The minimum absolute atomic E-state index is 0.122. The third-order valence-electron chi connectivity index (χ3n) is 4.05. The maximum atomic E-state index is 13.0. The summed E-state index contributed by atoms with van der Waals surface area (Å²) in [5.74, 6) is -0.410. The maximum absolute atomic E-state index is 13.0. The molecule has 37 heavy (non-hydrogen) atoms. The van der Waals surface area contributed by atoms with Gasteiger partial charge < -0.3 is 34.3 Å². The van der Waals surface area contributed by atoms with Crippen LogP contribution in [0.2, 0.25) is 0 Å². The molecule has 16 nitrogen and oxygen atoms in total. The molecule has 2 rings (SSSR count). The number of hydrogen-bond donors (Lipinski definition) is 1. The highest BCUT2D eigenvalue weighted by Gasteiger charge is 2.35. The minimum atomic E-state index is -4.10. The molecule has 206 valence electrons. The summed E-state index contributed by atoms with van der Waals surface area (Å²) >= 11 is 0. The molecule has 0 aromatic carbocycles. The van der Waals surface area contributed by atoms with Gasteiger partial charge in [-0.05, 0) is 33.3 Å². The van der Waals surface area contributed by atoms with Crippen LogP contribution in [0, 0.1) is 0 Å². The normalized spacial score (nSPS) is 16.9. The van der Waals surface area contributed by atoms with E-state index in [0.29, 0.717) is 11.4 Å². The fraction of sp³-hybridized carbons (Fsp3) is 0.600. The highest BCUT2D eigenvalue weighted by molar-refractivity contribution is 7.53. The van der Waals surface area contributed by atoms with E-state index in [1.165, 1.54) is 6.34 Å². The van der Waals surface area contributed by atoms with Crippen LogP contribution in [-0.2, 0) is 42.1 Å². The predicted molar refractivity (Wildman–Crippen MR) is 128 cm³/mol. The molecule has 0 radical (unpaired) electrons. The zero-order chi connectivity index (χ0) is 27.6. The van der Waals surface area contributed by atoms with Gasteiger partial charge in [-0.3, -0.25) is 23.4 Å². The lowest BCUT2D eigenvalue weighted by Crippen LogP contribution is -2.40. The van der Waals surface area contributed by atoms with E-state index in [9.17, 15) is 18.9 Å². The molecule has 0 aromatic rings. The second-order valence-electron chi connectivity index (χ2n) is 8.03. The number of nitrogens with two attached hydrogens (primary N) is 1. The Bertz CT molecular complexity index is 979. The van der Waals surface area contributed by atoms with E-state index >= 15 is 0 Å². The van der Waals surface area contributed by atoms with Crippen molar-refractivity contribution in [1.82, 2.24) is 4.90 Å². The van der Waals surface area contributed by atoms with E-state index in [-0.39, 0.29) is 19.1 Å². The van der Waals surface area contributed by atoms with Crippen LogP contribution in [0.3, 0.4) is 0 Å². The van der Waals surface area contributed by atoms with E-state index in [4.69, 9.17) is 29.0 Å². The fourth-order valence-electron chi connectivity index (χ4n) is 2.63. The van der Waals surface area contributed by atoms with Crippen molar-refractivity contribution >= 4 is 43.9 Å². The van der Waals surface area contributed by atoms with E-state index in [1.807, 2.05) is 0 Å². The van der Waals surface area contributed by atoms with Gasteiger partial charge in [0.25, 0.3) is 5.91 Å². The van der Waals surface area contributed by atoms with E-state index < -0.39 is 64.0 Å². The Labute approximate surface area is 212 Å². The minimum Gasteiger partial charge on any atom is -0.432 e. The smallest absolute Gasteiger partial charge is 0.432 e. The van der Waals surface area contributed by atoms with Gasteiger partial charge in [-0.2, -0.15) is 9.98 Å².